The summed E-state index contributed by atoms with van der Waals surface area (Å²) in [6.45, 7) is 2.30. The largest absolute Gasteiger partial charge is 0.272 e. The van der Waals surface area contributed by atoms with E-state index in [-0.39, 0.29) is 37.2 Å². The maximum absolute atomic E-state index is 11.6. The molecule has 5 heteroatoms. The minimum Gasteiger partial charge on any atom is -0.272 e. The van der Waals surface area contributed by atoms with Crippen LogP contribution in [0.15, 0.2) is 42.5 Å². The Morgan fingerprint density at radius 3 is 2.50 bits per heavy atom. The predicted octanol–water partition coefficient (Wildman–Crippen LogP) is 3.12. The molecule has 1 aliphatic heterocycles. The van der Waals surface area contributed by atoms with Crippen molar-refractivity contribution in [2.24, 2.45) is 0 Å². The van der Waals surface area contributed by atoms with Gasteiger partial charge in [0, 0.05) is 18.8 Å². The fraction of sp³-hybridized carbons (Fsp3) is 0.263. The Morgan fingerprint density at radius 2 is 1.71 bits per heavy atom. The van der Waals surface area contributed by atoms with Crippen LogP contribution in [0.4, 0.5) is 0 Å². The van der Waals surface area contributed by atoms with Crippen LogP contribution in [0, 0.1) is 6.92 Å². The highest BCUT2D eigenvalue weighted by atomic mass is 17.3. The van der Waals surface area contributed by atoms with Crippen LogP contribution in [0.5, 0.6) is 0 Å². The third-order valence-electron chi connectivity index (χ3n) is 4.58. The zero-order valence-electron chi connectivity index (χ0n) is 13.3. The quantitative estimate of drug-likeness (QED) is 0.493. The molecule has 1 atom stereocenters. The van der Waals surface area contributed by atoms with Crippen LogP contribution in [0.3, 0.4) is 0 Å². The van der Waals surface area contributed by atoms with Crippen LogP contribution in [-0.2, 0) is 19.5 Å². The smallest absolute Gasteiger partial charge is 0.256 e. The van der Waals surface area contributed by atoms with E-state index in [2.05, 4.69) is 37.3 Å². The van der Waals surface area contributed by atoms with Gasteiger partial charge in [-0.3, -0.25) is 9.59 Å². The van der Waals surface area contributed by atoms with E-state index in [1.807, 2.05) is 12.1 Å². The first-order valence-corrected chi connectivity index (χ1v) is 8.00. The van der Waals surface area contributed by atoms with Gasteiger partial charge in [-0.1, -0.05) is 48.0 Å². The lowest BCUT2D eigenvalue weighted by molar-refractivity contribution is -0.394. The predicted molar refractivity (Wildman–Crippen MR) is 86.6 cm³/mol. The maximum atomic E-state index is 11.6. The standard InChI is InChI=1S/C19H17NO4/c1-12-6-7-15-13-4-2-3-5-14(13)17(16(15)10-12)11-23-24-20-18(21)8-9-19(20)22/h2-7,10,17H,8-9,11H2,1H3. The molecule has 4 rings (SSSR count). The Kier molecular flexibility index (Phi) is 3.67. The number of carbonyl (C=O) groups is 2. The monoisotopic (exact) mass is 323 g/mol. The molecule has 1 fully saturated rings. The van der Waals surface area contributed by atoms with Gasteiger partial charge in [0.25, 0.3) is 11.8 Å². The van der Waals surface area contributed by atoms with E-state index in [4.69, 9.17) is 9.88 Å². The summed E-state index contributed by atoms with van der Waals surface area (Å²) in [7, 11) is 0. The topological polar surface area (TPSA) is 55.8 Å². The number of hydrogen-bond donors (Lipinski definition) is 0. The van der Waals surface area contributed by atoms with Crippen molar-refractivity contribution < 1.29 is 19.5 Å². The second-order valence-electron chi connectivity index (χ2n) is 6.17. The molecule has 2 amide bonds. The second-order valence-corrected chi connectivity index (χ2v) is 6.17. The first kappa shape index (κ1) is 15.1. The summed E-state index contributed by atoms with van der Waals surface area (Å²) in [6.07, 6.45) is 0.354. The van der Waals surface area contributed by atoms with Crippen molar-refractivity contribution in [2.75, 3.05) is 6.61 Å². The molecule has 1 unspecified atom stereocenters. The molecule has 1 aliphatic carbocycles. The van der Waals surface area contributed by atoms with Gasteiger partial charge in [0.15, 0.2) is 0 Å². The highest BCUT2D eigenvalue weighted by molar-refractivity contribution is 6.00. The number of imide groups is 1. The summed E-state index contributed by atoms with van der Waals surface area (Å²) in [5.74, 6) is -0.699. The fourth-order valence-electron chi connectivity index (χ4n) is 3.40. The molecule has 2 aliphatic rings. The lowest BCUT2D eigenvalue weighted by Crippen LogP contribution is -2.30. The van der Waals surface area contributed by atoms with Gasteiger partial charge < -0.3 is 0 Å². The number of hydroxylamine groups is 2. The van der Waals surface area contributed by atoms with Crippen LogP contribution < -0.4 is 0 Å². The highest BCUT2D eigenvalue weighted by Crippen LogP contribution is 2.45. The number of benzene rings is 2. The van der Waals surface area contributed by atoms with Gasteiger partial charge in [0.1, 0.15) is 0 Å². The van der Waals surface area contributed by atoms with Gasteiger partial charge >= 0.3 is 0 Å². The van der Waals surface area contributed by atoms with Crippen molar-refractivity contribution in [1.29, 1.82) is 0 Å². The lowest BCUT2D eigenvalue weighted by atomic mass is 9.97. The van der Waals surface area contributed by atoms with Crippen molar-refractivity contribution in [3.05, 3.63) is 59.2 Å². The Bertz CT molecular complexity index is 814. The molecule has 122 valence electrons. The molecular weight excluding hydrogens is 306 g/mol. The zero-order chi connectivity index (χ0) is 16.7. The summed E-state index contributed by atoms with van der Waals surface area (Å²) in [5, 5.41) is 0.720. The molecule has 2 aromatic carbocycles. The van der Waals surface area contributed by atoms with Gasteiger partial charge in [-0.05, 0) is 29.2 Å². The number of carbonyl (C=O) groups excluding carboxylic acids is 2. The summed E-state index contributed by atoms with van der Waals surface area (Å²) in [6, 6.07) is 14.6. The van der Waals surface area contributed by atoms with Gasteiger partial charge in [0.05, 0.1) is 6.61 Å². The van der Waals surface area contributed by atoms with Crippen LogP contribution in [0.25, 0.3) is 11.1 Å². The molecule has 2 aromatic rings. The summed E-state index contributed by atoms with van der Waals surface area (Å²) < 4.78 is 0. The van der Waals surface area contributed by atoms with Crippen LogP contribution >= 0.6 is 0 Å². The molecule has 0 aromatic heterocycles. The Hall–Kier alpha value is -2.50. The van der Waals surface area contributed by atoms with Crippen LogP contribution in [-0.4, -0.2) is 23.5 Å². The van der Waals surface area contributed by atoms with Gasteiger partial charge in [-0.25, -0.2) is 4.89 Å². The molecule has 24 heavy (non-hydrogen) atoms. The van der Waals surface area contributed by atoms with E-state index in [1.165, 1.54) is 27.8 Å². The number of fused-ring (bicyclic) bond motifs is 3. The van der Waals surface area contributed by atoms with Crippen molar-refractivity contribution in [1.82, 2.24) is 5.06 Å². The highest BCUT2D eigenvalue weighted by Gasteiger charge is 2.33. The van der Waals surface area contributed by atoms with E-state index in [1.54, 1.807) is 0 Å². The third-order valence-corrected chi connectivity index (χ3v) is 4.58. The first-order chi connectivity index (χ1) is 11.6. The molecular formula is C19H17NO4. The molecule has 0 N–H and O–H groups in total. The number of aryl methyl sites for hydroxylation is 1. The van der Waals surface area contributed by atoms with Crippen molar-refractivity contribution in [3.63, 3.8) is 0 Å². The van der Waals surface area contributed by atoms with Crippen molar-refractivity contribution in [3.8, 4) is 11.1 Å². The van der Waals surface area contributed by atoms with Gasteiger partial charge in [-0.2, -0.15) is 0 Å². The van der Waals surface area contributed by atoms with E-state index in [0.717, 1.165) is 5.06 Å². The average molecular weight is 323 g/mol. The molecule has 1 heterocycles. The fourth-order valence-corrected chi connectivity index (χ4v) is 3.40. The normalized spacial score (nSPS) is 18.9. The zero-order valence-corrected chi connectivity index (χ0v) is 13.3. The average Bonchev–Trinajstić information content (AvgIpc) is 3.06. The second kappa shape index (κ2) is 5.85. The number of amides is 2. The van der Waals surface area contributed by atoms with E-state index in [0.29, 0.717) is 0 Å². The Morgan fingerprint density at radius 1 is 1.00 bits per heavy atom. The molecule has 0 spiro atoms. The van der Waals surface area contributed by atoms with E-state index >= 15 is 0 Å². The number of hydrogen-bond acceptors (Lipinski definition) is 4. The number of nitrogens with zero attached hydrogens (tertiary/aromatic N) is 1. The number of rotatable bonds is 4. The third kappa shape index (κ3) is 2.42. The van der Waals surface area contributed by atoms with Crippen molar-refractivity contribution in [2.45, 2.75) is 25.7 Å². The van der Waals surface area contributed by atoms with Crippen LogP contribution in [0.1, 0.15) is 35.4 Å². The van der Waals surface area contributed by atoms with Gasteiger partial charge in [-0.15, -0.1) is 10.1 Å². The molecule has 1 saturated heterocycles. The Labute approximate surface area is 139 Å². The van der Waals surface area contributed by atoms with Crippen molar-refractivity contribution >= 4 is 11.8 Å². The molecule has 0 bridgehead atoms. The SMILES string of the molecule is Cc1ccc2c(c1)C(COON1C(=O)CCC1=O)c1ccccc1-2. The van der Waals surface area contributed by atoms with E-state index < -0.39 is 0 Å². The summed E-state index contributed by atoms with van der Waals surface area (Å²) in [4.78, 5) is 33.4. The summed E-state index contributed by atoms with van der Waals surface area (Å²) in [5.41, 5.74) is 5.91. The Balaban J connectivity index is 1.56. The summed E-state index contributed by atoms with van der Waals surface area (Å²) >= 11 is 0. The minimum atomic E-state index is -0.358. The van der Waals surface area contributed by atoms with Crippen LogP contribution in [0.2, 0.25) is 0 Å². The van der Waals surface area contributed by atoms with Gasteiger partial charge in [0.2, 0.25) is 0 Å². The maximum Gasteiger partial charge on any atom is 0.256 e. The molecule has 0 saturated carbocycles. The minimum absolute atomic E-state index is 0.0175. The molecule has 0 radical (unpaired) electrons. The first-order valence-electron chi connectivity index (χ1n) is 8.00. The lowest BCUT2D eigenvalue weighted by Gasteiger charge is -2.16. The van der Waals surface area contributed by atoms with E-state index in [9.17, 15) is 9.59 Å². The molecule has 5 nitrogen and oxygen atoms in total.